The molecular weight excluding hydrogens is 254 g/mol. The first-order valence-corrected chi connectivity index (χ1v) is 7.12. The van der Waals surface area contributed by atoms with Crippen molar-refractivity contribution in [2.24, 2.45) is 0 Å². The summed E-state index contributed by atoms with van der Waals surface area (Å²) in [4.78, 5) is 14.6. The number of amides is 1. The third-order valence-electron chi connectivity index (χ3n) is 3.54. The van der Waals surface area contributed by atoms with Crippen molar-refractivity contribution in [2.45, 2.75) is 25.8 Å². The molecule has 5 nitrogen and oxygen atoms in total. The van der Waals surface area contributed by atoms with Crippen molar-refractivity contribution in [3.05, 3.63) is 23.8 Å². The van der Waals surface area contributed by atoms with Crippen molar-refractivity contribution < 1.29 is 9.53 Å². The van der Waals surface area contributed by atoms with E-state index in [4.69, 9.17) is 10.5 Å². The summed E-state index contributed by atoms with van der Waals surface area (Å²) in [5.74, 6) is 0.373. The Balaban J connectivity index is 2.10. The molecule has 1 aliphatic heterocycles. The molecule has 1 heterocycles. The van der Waals surface area contributed by atoms with Gasteiger partial charge in [0.25, 0.3) is 5.91 Å². The number of nitrogens with one attached hydrogen (secondary N) is 1. The smallest absolute Gasteiger partial charge is 0.255 e. The second kappa shape index (κ2) is 6.61. The molecule has 5 heteroatoms. The van der Waals surface area contributed by atoms with Gasteiger partial charge in [-0.1, -0.05) is 6.07 Å². The van der Waals surface area contributed by atoms with Crippen molar-refractivity contribution in [1.82, 2.24) is 10.2 Å². The Morgan fingerprint density at radius 3 is 3.05 bits per heavy atom. The molecule has 0 spiro atoms. The van der Waals surface area contributed by atoms with Crippen LogP contribution in [0.25, 0.3) is 0 Å². The minimum atomic E-state index is -0.110. The minimum Gasteiger partial charge on any atom is -0.491 e. The van der Waals surface area contributed by atoms with Gasteiger partial charge < -0.3 is 20.7 Å². The van der Waals surface area contributed by atoms with Crippen molar-refractivity contribution in [1.29, 1.82) is 0 Å². The van der Waals surface area contributed by atoms with Gasteiger partial charge in [0.1, 0.15) is 0 Å². The molecule has 0 saturated carbocycles. The summed E-state index contributed by atoms with van der Waals surface area (Å²) in [5.41, 5.74) is 6.90. The van der Waals surface area contributed by atoms with Crippen LogP contribution in [-0.2, 0) is 0 Å². The number of anilines is 1. The lowest BCUT2D eigenvalue weighted by Crippen LogP contribution is -2.46. The molecule has 20 heavy (non-hydrogen) atoms. The number of piperidine rings is 1. The van der Waals surface area contributed by atoms with Gasteiger partial charge in [-0.2, -0.15) is 0 Å². The van der Waals surface area contributed by atoms with Crippen LogP contribution < -0.4 is 15.8 Å². The van der Waals surface area contributed by atoms with E-state index < -0.39 is 0 Å². The summed E-state index contributed by atoms with van der Waals surface area (Å²) in [7, 11) is 2.07. The largest absolute Gasteiger partial charge is 0.491 e. The molecule has 1 aliphatic rings. The molecule has 1 atom stereocenters. The number of nitrogen functional groups attached to an aromatic ring is 1. The monoisotopic (exact) mass is 277 g/mol. The van der Waals surface area contributed by atoms with Gasteiger partial charge in [-0.3, -0.25) is 4.79 Å². The Kier molecular flexibility index (Phi) is 4.84. The predicted molar refractivity (Wildman–Crippen MR) is 80.0 cm³/mol. The van der Waals surface area contributed by atoms with E-state index in [0.29, 0.717) is 23.6 Å². The standard InChI is InChI=1S/C15H23N3O2/c1-3-20-14-12(7-4-8-13(14)16)15(19)17-11-6-5-9-18(2)10-11/h4,7-8,11H,3,5-6,9-10,16H2,1-2H3,(H,17,19). The highest BCUT2D eigenvalue weighted by atomic mass is 16.5. The Hall–Kier alpha value is -1.75. The van der Waals surface area contributed by atoms with Crippen LogP contribution in [0.15, 0.2) is 18.2 Å². The van der Waals surface area contributed by atoms with Crippen LogP contribution >= 0.6 is 0 Å². The number of rotatable bonds is 4. The third-order valence-corrected chi connectivity index (χ3v) is 3.54. The number of hydrogen-bond donors (Lipinski definition) is 2. The van der Waals surface area contributed by atoms with Crippen molar-refractivity contribution >= 4 is 11.6 Å². The Morgan fingerprint density at radius 1 is 1.55 bits per heavy atom. The van der Waals surface area contributed by atoms with Gasteiger partial charge in [0.05, 0.1) is 17.9 Å². The van der Waals surface area contributed by atoms with Gasteiger partial charge in [0, 0.05) is 12.6 Å². The van der Waals surface area contributed by atoms with E-state index in [1.165, 1.54) is 0 Å². The van der Waals surface area contributed by atoms with E-state index in [1.807, 2.05) is 6.92 Å². The normalized spacial score (nSPS) is 19.6. The molecule has 1 aromatic carbocycles. The first-order valence-electron chi connectivity index (χ1n) is 7.12. The molecule has 0 aromatic heterocycles. The van der Waals surface area contributed by atoms with E-state index >= 15 is 0 Å². The van der Waals surface area contributed by atoms with E-state index in [-0.39, 0.29) is 11.9 Å². The van der Waals surface area contributed by atoms with Crippen molar-refractivity contribution in [3.8, 4) is 5.75 Å². The van der Waals surface area contributed by atoms with Crippen LogP contribution in [0.1, 0.15) is 30.1 Å². The predicted octanol–water partition coefficient (Wildman–Crippen LogP) is 1.49. The number of carbonyl (C=O) groups excluding carboxylic acids is 1. The lowest BCUT2D eigenvalue weighted by Gasteiger charge is -2.30. The number of likely N-dealkylation sites (N-methyl/N-ethyl adjacent to an activating group) is 1. The quantitative estimate of drug-likeness (QED) is 0.818. The molecule has 0 bridgehead atoms. The summed E-state index contributed by atoms with van der Waals surface area (Å²) in [6.07, 6.45) is 2.12. The van der Waals surface area contributed by atoms with Crippen LogP contribution in [0, 0.1) is 0 Å². The van der Waals surface area contributed by atoms with Gasteiger partial charge in [0.2, 0.25) is 0 Å². The zero-order valence-electron chi connectivity index (χ0n) is 12.2. The number of nitrogens with zero attached hydrogens (tertiary/aromatic N) is 1. The molecule has 0 aliphatic carbocycles. The van der Waals surface area contributed by atoms with Crippen LogP contribution in [0.4, 0.5) is 5.69 Å². The Bertz CT molecular complexity index is 476. The lowest BCUT2D eigenvalue weighted by atomic mass is 10.1. The molecule has 1 saturated heterocycles. The number of ether oxygens (including phenoxy) is 1. The molecule has 1 aromatic rings. The topological polar surface area (TPSA) is 67.6 Å². The first kappa shape index (κ1) is 14.7. The number of carbonyl (C=O) groups is 1. The molecular formula is C15H23N3O2. The molecule has 1 unspecified atom stereocenters. The molecule has 1 fully saturated rings. The summed E-state index contributed by atoms with van der Waals surface area (Å²) in [6, 6.07) is 5.47. The van der Waals surface area contributed by atoms with Gasteiger partial charge >= 0.3 is 0 Å². The number of benzene rings is 1. The van der Waals surface area contributed by atoms with Crippen molar-refractivity contribution in [2.75, 3.05) is 32.5 Å². The van der Waals surface area contributed by atoms with Crippen LogP contribution in [0.3, 0.4) is 0 Å². The summed E-state index contributed by atoms with van der Waals surface area (Å²) < 4.78 is 5.50. The van der Waals surface area contributed by atoms with E-state index in [9.17, 15) is 4.79 Å². The maximum absolute atomic E-state index is 12.4. The molecule has 3 N–H and O–H groups in total. The highest BCUT2D eigenvalue weighted by molar-refractivity contribution is 5.98. The molecule has 2 rings (SSSR count). The van der Waals surface area contributed by atoms with Gasteiger partial charge in [-0.25, -0.2) is 0 Å². The number of para-hydroxylation sites is 1. The second-order valence-electron chi connectivity index (χ2n) is 5.23. The molecule has 110 valence electrons. The average molecular weight is 277 g/mol. The van der Waals surface area contributed by atoms with Crippen LogP contribution in [0.2, 0.25) is 0 Å². The van der Waals surface area contributed by atoms with E-state index in [0.717, 1.165) is 25.9 Å². The fourth-order valence-electron chi connectivity index (χ4n) is 2.59. The molecule has 1 amide bonds. The highest BCUT2D eigenvalue weighted by Crippen LogP contribution is 2.26. The van der Waals surface area contributed by atoms with Gasteiger partial charge in [-0.15, -0.1) is 0 Å². The summed E-state index contributed by atoms with van der Waals surface area (Å²) in [5, 5.41) is 3.08. The van der Waals surface area contributed by atoms with E-state index in [2.05, 4.69) is 17.3 Å². The maximum Gasteiger partial charge on any atom is 0.255 e. The number of hydrogen-bond acceptors (Lipinski definition) is 4. The zero-order chi connectivity index (χ0) is 14.5. The SMILES string of the molecule is CCOc1c(N)cccc1C(=O)NC1CCCN(C)C1. The number of likely N-dealkylation sites (tertiary alicyclic amines) is 1. The van der Waals surface area contributed by atoms with Crippen LogP contribution in [0.5, 0.6) is 5.75 Å². The average Bonchev–Trinajstić information content (AvgIpc) is 2.41. The van der Waals surface area contributed by atoms with E-state index in [1.54, 1.807) is 18.2 Å². The second-order valence-corrected chi connectivity index (χ2v) is 5.23. The Labute approximate surface area is 120 Å². The third kappa shape index (κ3) is 3.42. The van der Waals surface area contributed by atoms with Gasteiger partial charge in [0.15, 0.2) is 5.75 Å². The first-order chi connectivity index (χ1) is 9.61. The Morgan fingerprint density at radius 2 is 2.35 bits per heavy atom. The molecule has 0 radical (unpaired) electrons. The fraction of sp³-hybridized carbons (Fsp3) is 0.533. The maximum atomic E-state index is 12.4. The fourth-order valence-corrected chi connectivity index (χ4v) is 2.59. The minimum absolute atomic E-state index is 0.110. The number of nitrogens with two attached hydrogens (primary N) is 1. The zero-order valence-corrected chi connectivity index (χ0v) is 12.2. The highest BCUT2D eigenvalue weighted by Gasteiger charge is 2.21. The summed E-state index contributed by atoms with van der Waals surface area (Å²) >= 11 is 0. The lowest BCUT2D eigenvalue weighted by molar-refractivity contribution is 0.0909. The van der Waals surface area contributed by atoms with Crippen LogP contribution in [-0.4, -0.2) is 43.6 Å². The summed E-state index contributed by atoms with van der Waals surface area (Å²) in [6.45, 7) is 4.34. The van der Waals surface area contributed by atoms with Gasteiger partial charge in [-0.05, 0) is 45.5 Å². The van der Waals surface area contributed by atoms with Crippen molar-refractivity contribution in [3.63, 3.8) is 0 Å².